The highest BCUT2D eigenvalue weighted by Crippen LogP contribution is 2.31. The minimum Gasteiger partial charge on any atom is -0.497 e. The number of rotatable bonds is 7. The molecule has 2 heterocycles. The third kappa shape index (κ3) is 4.51. The fraction of sp³-hybridized carbons (Fsp3) is 0.444. The summed E-state index contributed by atoms with van der Waals surface area (Å²) in [5.74, 6) is 2.70. The van der Waals surface area contributed by atoms with Gasteiger partial charge in [0.25, 0.3) is 0 Å². The predicted octanol–water partition coefficient (Wildman–Crippen LogP) is 3.14. The van der Waals surface area contributed by atoms with Crippen molar-refractivity contribution in [1.29, 1.82) is 0 Å². The molecule has 1 aromatic heterocycles. The van der Waals surface area contributed by atoms with Gasteiger partial charge in [-0.05, 0) is 31.9 Å². The zero-order valence-electron chi connectivity index (χ0n) is 14.8. The Balaban J connectivity index is 1.75. The molecule has 7 heteroatoms. The number of hydrogen-bond donors (Lipinski definition) is 2. The smallest absolute Gasteiger partial charge is 0.229 e. The van der Waals surface area contributed by atoms with Gasteiger partial charge in [-0.2, -0.15) is 4.98 Å². The molecule has 25 heavy (non-hydrogen) atoms. The van der Waals surface area contributed by atoms with Crippen molar-refractivity contribution in [1.82, 2.24) is 9.97 Å². The lowest BCUT2D eigenvalue weighted by molar-refractivity contribution is 0.120. The molecule has 1 saturated heterocycles. The van der Waals surface area contributed by atoms with Crippen molar-refractivity contribution >= 4 is 17.5 Å². The number of aryl methyl sites for hydroxylation is 1. The summed E-state index contributed by atoms with van der Waals surface area (Å²) in [4.78, 5) is 8.99. The highest BCUT2D eigenvalue weighted by atomic mass is 16.5. The fourth-order valence-electron chi connectivity index (χ4n) is 2.77. The zero-order valence-corrected chi connectivity index (χ0v) is 14.8. The molecule has 0 radical (unpaired) electrons. The van der Waals surface area contributed by atoms with Crippen LogP contribution < -0.4 is 20.1 Å². The quantitative estimate of drug-likeness (QED) is 0.799. The van der Waals surface area contributed by atoms with E-state index in [9.17, 15) is 0 Å². The van der Waals surface area contributed by atoms with E-state index in [0.29, 0.717) is 11.7 Å². The second kappa shape index (κ2) is 8.02. The summed E-state index contributed by atoms with van der Waals surface area (Å²) in [5, 5.41) is 6.54. The van der Waals surface area contributed by atoms with Crippen molar-refractivity contribution in [2.75, 3.05) is 38.0 Å². The average Bonchev–Trinajstić information content (AvgIpc) is 3.13. The molecule has 1 unspecified atom stereocenters. The predicted molar refractivity (Wildman–Crippen MR) is 97.1 cm³/mol. The van der Waals surface area contributed by atoms with Crippen molar-refractivity contribution in [2.24, 2.45) is 0 Å². The first-order valence-electron chi connectivity index (χ1n) is 8.38. The first-order valence-corrected chi connectivity index (χ1v) is 8.38. The van der Waals surface area contributed by atoms with E-state index in [0.717, 1.165) is 48.9 Å². The largest absolute Gasteiger partial charge is 0.497 e. The lowest BCUT2D eigenvalue weighted by Crippen LogP contribution is -2.19. The second-order valence-electron chi connectivity index (χ2n) is 5.93. The summed E-state index contributed by atoms with van der Waals surface area (Å²) in [7, 11) is 3.25. The van der Waals surface area contributed by atoms with E-state index < -0.39 is 0 Å². The number of nitrogens with zero attached hydrogens (tertiary/aromatic N) is 2. The topological polar surface area (TPSA) is 77.5 Å². The Morgan fingerprint density at radius 3 is 2.80 bits per heavy atom. The van der Waals surface area contributed by atoms with E-state index in [1.54, 1.807) is 14.2 Å². The molecule has 7 nitrogen and oxygen atoms in total. The zero-order chi connectivity index (χ0) is 17.6. The Morgan fingerprint density at radius 2 is 2.08 bits per heavy atom. The average molecular weight is 344 g/mol. The van der Waals surface area contributed by atoms with Gasteiger partial charge in [0.2, 0.25) is 5.95 Å². The van der Waals surface area contributed by atoms with Gasteiger partial charge in [0.1, 0.15) is 17.3 Å². The van der Waals surface area contributed by atoms with E-state index in [1.165, 1.54) is 0 Å². The standard InChI is InChI=1S/C18H24N4O3/c1-12-9-17(19-11-14-5-4-8-25-14)22-18(20-12)21-15-10-13(23-2)6-7-16(15)24-3/h6-7,9-10,14H,4-5,8,11H2,1-3H3,(H2,19,20,21,22). The Labute approximate surface area is 147 Å². The molecule has 0 aliphatic carbocycles. The number of nitrogens with one attached hydrogen (secondary N) is 2. The van der Waals surface area contributed by atoms with Gasteiger partial charge < -0.3 is 24.8 Å². The lowest BCUT2D eigenvalue weighted by atomic mass is 10.2. The number of methoxy groups -OCH3 is 2. The summed E-state index contributed by atoms with van der Waals surface area (Å²) in [5.41, 5.74) is 1.62. The van der Waals surface area contributed by atoms with Gasteiger partial charge in [-0.15, -0.1) is 0 Å². The third-order valence-electron chi connectivity index (χ3n) is 4.04. The van der Waals surface area contributed by atoms with Crippen LogP contribution in [0.3, 0.4) is 0 Å². The Hall–Kier alpha value is -2.54. The van der Waals surface area contributed by atoms with Gasteiger partial charge in [-0.25, -0.2) is 4.98 Å². The van der Waals surface area contributed by atoms with E-state index in [-0.39, 0.29) is 6.10 Å². The van der Waals surface area contributed by atoms with Crippen molar-refractivity contribution in [3.05, 3.63) is 30.0 Å². The van der Waals surface area contributed by atoms with Crippen LogP contribution in [0.4, 0.5) is 17.5 Å². The first-order chi connectivity index (χ1) is 12.2. The van der Waals surface area contributed by atoms with Crippen LogP contribution in [0.2, 0.25) is 0 Å². The van der Waals surface area contributed by atoms with E-state index in [1.807, 2.05) is 31.2 Å². The van der Waals surface area contributed by atoms with E-state index >= 15 is 0 Å². The number of benzene rings is 1. The van der Waals surface area contributed by atoms with Crippen LogP contribution in [0, 0.1) is 6.92 Å². The Kier molecular flexibility index (Phi) is 5.55. The molecule has 1 aromatic carbocycles. The van der Waals surface area contributed by atoms with Gasteiger partial charge in [-0.3, -0.25) is 0 Å². The highest BCUT2D eigenvalue weighted by Gasteiger charge is 2.15. The van der Waals surface area contributed by atoms with Crippen LogP contribution in [-0.4, -0.2) is 43.4 Å². The lowest BCUT2D eigenvalue weighted by Gasteiger charge is -2.14. The van der Waals surface area contributed by atoms with Crippen LogP contribution in [0.1, 0.15) is 18.5 Å². The molecule has 1 aliphatic rings. The molecule has 3 rings (SSSR count). The Morgan fingerprint density at radius 1 is 1.20 bits per heavy atom. The monoisotopic (exact) mass is 344 g/mol. The van der Waals surface area contributed by atoms with Crippen LogP contribution in [-0.2, 0) is 4.74 Å². The first kappa shape index (κ1) is 17.3. The van der Waals surface area contributed by atoms with Crippen LogP contribution in [0.15, 0.2) is 24.3 Å². The maximum Gasteiger partial charge on any atom is 0.229 e. The molecule has 2 N–H and O–H groups in total. The molecule has 134 valence electrons. The molecule has 0 spiro atoms. The van der Waals surface area contributed by atoms with Gasteiger partial charge >= 0.3 is 0 Å². The molecule has 2 aromatic rings. The van der Waals surface area contributed by atoms with Gasteiger partial charge in [-0.1, -0.05) is 0 Å². The minimum absolute atomic E-state index is 0.255. The second-order valence-corrected chi connectivity index (χ2v) is 5.93. The molecule has 1 fully saturated rings. The van der Waals surface area contributed by atoms with Crippen molar-refractivity contribution < 1.29 is 14.2 Å². The maximum atomic E-state index is 5.63. The highest BCUT2D eigenvalue weighted by molar-refractivity contribution is 5.65. The maximum absolute atomic E-state index is 5.63. The molecule has 0 bridgehead atoms. The molecular weight excluding hydrogens is 320 g/mol. The van der Waals surface area contributed by atoms with Gasteiger partial charge in [0.05, 0.1) is 26.0 Å². The van der Waals surface area contributed by atoms with Crippen molar-refractivity contribution in [3.8, 4) is 11.5 Å². The normalized spacial score (nSPS) is 16.5. The summed E-state index contributed by atoms with van der Waals surface area (Å²) < 4.78 is 16.3. The summed E-state index contributed by atoms with van der Waals surface area (Å²) in [6, 6.07) is 7.45. The van der Waals surface area contributed by atoms with Crippen molar-refractivity contribution in [3.63, 3.8) is 0 Å². The number of ether oxygens (including phenoxy) is 3. The fourth-order valence-corrected chi connectivity index (χ4v) is 2.77. The third-order valence-corrected chi connectivity index (χ3v) is 4.04. The molecular formula is C18H24N4O3. The summed E-state index contributed by atoms with van der Waals surface area (Å²) >= 11 is 0. The van der Waals surface area contributed by atoms with Crippen LogP contribution in [0.25, 0.3) is 0 Å². The molecule has 0 saturated carbocycles. The van der Waals surface area contributed by atoms with E-state index in [4.69, 9.17) is 14.2 Å². The number of aromatic nitrogens is 2. The molecule has 1 atom stereocenters. The number of hydrogen-bond acceptors (Lipinski definition) is 7. The SMILES string of the molecule is COc1ccc(OC)c(Nc2nc(C)cc(NCC3CCCO3)n2)c1. The van der Waals surface area contributed by atoms with Gasteiger partial charge in [0, 0.05) is 31.0 Å². The summed E-state index contributed by atoms with van der Waals surface area (Å²) in [6.45, 7) is 3.53. The Bertz CT molecular complexity index is 717. The summed E-state index contributed by atoms with van der Waals surface area (Å²) in [6.07, 6.45) is 2.46. The van der Waals surface area contributed by atoms with Crippen LogP contribution in [0.5, 0.6) is 11.5 Å². The minimum atomic E-state index is 0.255. The van der Waals surface area contributed by atoms with E-state index in [2.05, 4.69) is 20.6 Å². The van der Waals surface area contributed by atoms with Crippen LogP contribution >= 0.6 is 0 Å². The van der Waals surface area contributed by atoms with Gasteiger partial charge in [0.15, 0.2) is 0 Å². The van der Waals surface area contributed by atoms with Crippen molar-refractivity contribution in [2.45, 2.75) is 25.9 Å². The number of anilines is 3. The molecule has 1 aliphatic heterocycles. The molecule has 0 amide bonds.